The monoisotopic (exact) mass is 166 g/mol. The summed E-state index contributed by atoms with van der Waals surface area (Å²) in [6, 6.07) is 0. The van der Waals surface area contributed by atoms with Crippen LogP contribution in [0.15, 0.2) is 24.8 Å². The molecule has 0 aliphatic carbocycles. The van der Waals surface area contributed by atoms with E-state index in [4.69, 9.17) is 0 Å². The van der Waals surface area contributed by atoms with E-state index in [-0.39, 0.29) is 5.41 Å². The SMILES string of the molecule is C=CC(C)(C=CC)C(CC)CC. The van der Waals surface area contributed by atoms with Gasteiger partial charge in [0.25, 0.3) is 0 Å². The fourth-order valence-corrected chi connectivity index (χ4v) is 1.90. The quantitative estimate of drug-likeness (QED) is 0.537. The van der Waals surface area contributed by atoms with Gasteiger partial charge in [-0.25, -0.2) is 0 Å². The summed E-state index contributed by atoms with van der Waals surface area (Å²) >= 11 is 0. The van der Waals surface area contributed by atoms with Crippen molar-refractivity contribution < 1.29 is 0 Å². The van der Waals surface area contributed by atoms with Crippen LogP contribution in [0.5, 0.6) is 0 Å². The molecule has 0 radical (unpaired) electrons. The van der Waals surface area contributed by atoms with Crippen molar-refractivity contribution in [1.82, 2.24) is 0 Å². The summed E-state index contributed by atoms with van der Waals surface area (Å²) in [5, 5.41) is 0. The van der Waals surface area contributed by atoms with E-state index < -0.39 is 0 Å². The van der Waals surface area contributed by atoms with Gasteiger partial charge < -0.3 is 0 Å². The number of rotatable bonds is 5. The highest BCUT2D eigenvalue weighted by Crippen LogP contribution is 2.34. The summed E-state index contributed by atoms with van der Waals surface area (Å²) in [5.41, 5.74) is 0.193. The Balaban J connectivity index is 4.57. The molecule has 0 aromatic heterocycles. The van der Waals surface area contributed by atoms with Crippen LogP contribution < -0.4 is 0 Å². The summed E-state index contributed by atoms with van der Waals surface area (Å²) < 4.78 is 0. The maximum absolute atomic E-state index is 3.92. The summed E-state index contributed by atoms with van der Waals surface area (Å²) in [6.45, 7) is 12.8. The zero-order chi connectivity index (χ0) is 9.61. The van der Waals surface area contributed by atoms with Crippen LogP contribution in [0.4, 0.5) is 0 Å². The largest absolute Gasteiger partial charge is 0.102 e. The molecule has 0 aromatic rings. The van der Waals surface area contributed by atoms with Gasteiger partial charge in [0.1, 0.15) is 0 Å². The maximum Gasteiger partial charge on any atom is 0.00579 e. The molecule has 1 unspecified atom stereocenters. The van der Waals surface area contributed by atoms with E-state index in [0.29, 0.717) is 0 Å². The molecule has 0 aromatic carbocycles. The smallest absolute Gasteiger partial charge is 0.00579 e. The first kappa shape index (κ1) is 11.5. The molecule has 0 aliphatic heterocycles. The van der Waals surface area contributed by atoms with Gasteiger partial charge in [-0.2, -0.15) is 0 Å². The number of hydrogen-bond acceptors (Lipinski definition) is 0. The molecule has 0 rings (SSSR count). The molecule has 0 nitrogen and oxygen atoms in total. The standard InChI is InChI=1S/C12H22/c1-6-10-12(5,9-4)11(7-2)8-3/h6,9-11H,4,7-8H2,1-3,5H3. The molecule has 0 amide bonds. The summed E-state index contributed by atoms with van der Waals surface area (Å²) in [5.74, 6) is 0.728. The molecule has 0 saturated heterocycles. The van der Waals surface area contributed by atoms with Crippen LogP contribution in [-0.4, -0.2) is 0 Å². The zero-order valence-electron chi connectivity index (χ0n) is 8.93. The van der Waals surface area contributed by atoms with E-state index >= 15 is 0 Å². The predicted molar refractivity (Wildman–Crippen MR) is 57.2 cm³/mol. The Morgan fingerprint density at radius 3 is 2.08 bits per heavy atom. The second kappa shape index (κ2) is 5.18. The molecule has 0 aliphatic rings. The first-order chi connectivity index (χ1) is 5.64. The molecular formula is C12H22. The van der Waals surface area contributed by atoms with Crippen molar-refractivity contribution >= 4 is 0 Å². The van der Waals surface area contributed by atoms with Crippen LogP contribution >= 0.6 is 0 Å². The highest BCUT2D eigenvalue weighted by molar-refractivity contribution is 5.08. The topological polar surface area (TPSA) is 0 Å². The highest BCUT2D eigenvalue weighted by atomic mass is 14.3. The van der Waals surface area contributed by atoms with Gasteiger partial charge in [0.05, 0.1) is 0 Å². The Morgan fingerprint density at radius 1 is 1.33 bits per heavy atom. The van der Waals surface area contributed by atoms with Crippen molar-refractivity contribution in [2.45, 2.75) is 40.5 Å². The Kier molecular flexibility index (Phi) is 4.96. The lowest BCUT2D eigenvalue weighted by Gasteiger charge is -2.31. The second-order valence-corrected chi connectivity index (χ2v) is 3.58. The first-order valence-corrected chi connectivity index (χ1v) is 4.92. The molecule has 12 heavy (non-hydrogen) atoms. The van der Waals surface area contributed by atoms with E-state index in [1.54, 1.807) is 0 Å². The van der Waals surface area contributed by atoms with Gasteiger partial charge in [-0.1, -0.05) is 51.8 Å². The molecule has 0 bridgehead atoms. The van der Waals surface area contributed by atoms with Crippen molar-refractivity contribution in [2.24, 2.45) is 11.3 Å². The maximum atomic E-state index is 3.92. The first-order valence-electron chi connectivity index (χ1n) is 4.92. The molecule has 0 heterocycles. The van der Waals surface area contributed by atoms with Crippen LogP contribution in [0.3, 0.4) is 0 Å². The van der Waals surface area contributed by atoms with E-state index in [1.165, 1.54) is 12.8 Å². The third kappa shape index (κ3) is 2.51. The molecule has 0 fully saturated rings. The Hall–Kier alpha value is -0.520. The number of allylic oxidation sites excluding steroid dienone is 3. The second-order valence-electron chi connectivity index (χ2n) is 3.58. The van der Waals surface area contributed by atoms with Gasteiger partial charge >= 0.3 is 0 Å². The van der Waals surface area contributed by atoms with Crippen LogP contribution in [-0.2, 0) is 0 Å². The predicted octanol–water partition coefficient (Wildman–Crippen LogP) is 4.19. The van der Waals surface area contributed by atoms with E-state index in [0.717, 1.165) is 5.92 Å². The van der Waals surface area contributed by atoms with Gasteiger partial charge in [-0.3, -0.25) is 0 Å². The normalized spacial score (nSPS) is 16.8. The van der Waals surface area contributed by atoms with Crippen LogP contribution in [0, 0.1) is 11.3 Å². The van der Waals surface area contributed by atoms with Crippen molar-refractivity contribution in [3.63, 3.8) is 0 Å². The van der Waals surface area contributed by atoms with Crippen LogP contribution in [0.25, 0.3) is 0 Å². The summed E-state index contributed by atoms with van der Waals surface area (Å²) in [7, 11) is 0. The van der Waals surface area contributed by atoms with Gasteiger partial charge in [0.15, 0.2) is 0 Å². The fourth-order valence-electron chi connectivity index (χ4n) is 1.90. The van der Waals surface area contributed by atoms with E-state index in [2.05, 4.69) is 52.5 Å². The van der Waals surface area contributed by atoms with Crippen molar-refractivity contribution in [3.8, 4) is 0 Å². The Bertz CT molecular complexity index is 151. The summed E-state index contributed by atoms with van der Waals surface area (Å²) in [6.07, 6.45) is 8.91. The minimum Gasteiger partial charge on any atom is -0.102 e. The molecule has 0 N–H and O–H groups in total. The lowest BCUT2D eigenvalue weighted by Crippen LogP contribution is -2.21. The van der Waals surface area contributed by atoms with E-state index in [1.807, 2.05) is 0 Å². The number of hydrogen-bond donors (Lipinski definition) is 0. The molecule has 0 spiro atoms. The molecule has 70 valence electrons. The van der Waals surface area contributed by atoms with Gasteiger partial charge in [0.2, 0.25) is 0 Å². The fraction of sp³-hybridized carbons (Fsp3) is 0.667. The van der Waals surface area contributed by atoms with Crippen LogP contribution in [0.1, 0.15) is 40.5 Å². The van der Waals surface area contributed by atoms with Crippen molar-refractivity contribution in [3.05, 3.63) is 24.8 Å². The van der Waals surface area contributed by atoms with Gasteiger partial charge in [-0.15, -0.1) is 6.58 Å². The lowest BCUT2D eigenvalue weighted by atomic mass is 9.74. The highest BCUT2D eigenvalue weighted by Gasteiger charge is 2.25. The van der Waals surface area contributed by atoms with Gasteiger partial charge in [0, 0.05) is 5.41 Å². The van der Waals surface area contributed by atoms with Crippen LogP contribution in [0.2, 0.25) is 0 Å². The van der Waals surface area contributed by atoms with Crippen molar-refractivity contribution in [1.29, 1.82) is 0 Å². The van der Waals surface area contributed by atoms with Gasteiger partial charge in [-0.05, 0) is 12.8 Å². The molecule has 0 heteroatoms. The lowest BCUT2D eigenvalue weighted by molar-refractivity contribution is 0.305. The van der Waals surface area contributed by atoms with Crippen molar-refractivity contribution in [2.75, 3.05) is 0 Å². The Morgan fingerprint density at radius 2 is 1.83 bits per heavy atom. The zero-order valence-corrected chi connectivity index (χ0v) is 8.93. The average molecular weight is 166 g/mol. The third-order valence-electron chi connectivity index (χ3n) is 2.83. The molecule has 0 saturated carbocycles. The van der Waals surface area contributed by atoms with E-state index in [9.17, 15) is 0 Å². The molecular weight excluding hydrogens is 144 g/mol. The average Bonchev–Trinajstić information content (AvgIpc) is 2.07. The molecule has 1 atom stereocenters. The third-order valence-corrected chi connectivity index (χ3v) is 2.83. The minimum absolute atomic E-state index is 0.193. The summed E-state index contributed by atoms with van der Waals surface area (Å²) in [4.78, 5) is 0. The minimum atomic E-state index is 0.193. The Labute approximate surface area is 77.4 Å².